The molecule has 16 heavy (non-hydrogen) atoms. The second-order valence-corrected chi connectivity index (χ2v) is 4.26. The molecule has 0 aliphatic carbocycles. The number of rotatable bonds is 2. The fourth-order valence-corrected chi connectivity index (χ4v) is 1.79. The van der Waals surface area contributed by atoms with Gasteiger partial charge in [0.1, 0.15) is 6.07 Å². The summed E-state index contributed by atoms with van der Waals surface area (Å²) in [6, 6.07) is 7.30. The van der Waals surface area contributed by atoms with Crippen LogP contribution in [-0.2, 0) is 6.54 Å². The van der Waals surface area contributed by atoms with Gasteiger partial charge in [0.25, 0.3) is 5.56 Å². The predicted molar refractivity (Wildman–Crippen MR) is 62.1 cm³/mol. The fourth-order valence-electron chi connectivity index (χ4n) is 1.79. The number of H-pyrrole nitrogens is 1. The number of benzene rings is 1. The lowest BCUT2D eigenvalue weighted by molar-refractivity contribution is 0.476. The SMILES string of the molecule is CC(C)Cn1[nH]c2cccc(C#N)c2c1=O. The number of hydrogen-bond donors (Lipinski definition) is 1. The Hall–Kier alpha value is -2.02. The van der Waals surface area contributed by atoms with Crippen LogP contribution < -0.4 is 5.56 Å². The first kappa shape index (κ1) is 10.5. The summed E-state index contributed by atoms with van der Waals surface area (Å²) >= 11 is 0. The van der Waals surface area contributed by atoms with Crippen LogP contribution >= 0.6 is 0 Å². The highest BCUT2D eigenvalue weighted by Crippen LogP contribution is 2.12. The van der Waals surface area contributed by atoms with Crippen molar-refractivity contribution in [1.82, 2.24) is 9.78 Å². The van der Waals surface area contributed by atoms with E-state index < -0.39 is 0 Å². The minimum Gasteiger partial charge on any atom is -0.295 e. The lowest BCUT2D eigenvalue weighted by Crippen LogP contribution is -2.19. The molecule has 0 unspecified atom stereocenters. The number of aromatic nitrogens is 2. The topological polar surface area (TPSA) is 61.6 Å². The monoisotopic (exact) mass is 215 g/mol. The minimum absolute atomic E-state index is 0.110. The van der Waals surface area contributed by atoms with Crippen LogP contribution in [0.2, 0.25) is 0 Å². The molecule has 1 heterocycles. The summed E-state index contributed by atoms with van der Waals surface area (Å²) < 4.78 is 1.57. The molecule has 0 spiro atoms. The average molecular weight is 215 g/mol. The molecule has 0 amide bonds. The highest BCUT2D eigenvalue weighted by Gasteiger charge is 2.10. The molecule has 0 radical (unpaired) electrons. The van der Waals surface area contributed by atoms with Crippen molar-refractivity contribution in [3.63, 3.8) is 0 Å². The molecular weight excluding hydrogens is 202 g/mol. The third-order valence-corrected chi connectivity index (χ3v) is 2.45. The zero-order valence-corrected chi connectivity index (χ0v) is 9.32. The van der Waals surface area contributed by atoms with Crippen molar-refractivity contribution in [3.8, 4) is 6.07 Å². The van der Waals surface area contributed by atoms with E-state index in [9.17, 15) is 4.79 Å². The van der Waals surface area contributed by atoms with Crippen molar-refractivity contribution in [3.05, 3.63) is 34.1 Å². The molecule has 0 saturated carbocycles. The molecule has 0 aliphatic heterocycles. The van der Waals surface area contributed by atoms with Crippen LogP contribution in [0.3, 0.4) is 0 Å². The molecular formula is C12H13N3O. The summed E-state index contributed by atoms with van der Waals surface area (Å²) in [5.41, 5.74) is 1.05. The van der Waals surface area contributed by atoms with E-state index in [0.717, 1.165) is 5.52 Å². The third kappa shape index (κ3) is 1.61. The highest BCUT2D eigenvalue weighted by atomic mass is 16.1. The second-order valence-electron chi connectivity index (χ2n) is 4.26. The number of fused-ring (bicyclic) bond motifs is 1. The van der Waals surface area contributed by atoms with Crippen molar-refractivity contribution < 1.29 is 0 Å². The molecule has 82 valence electrons. The van der Waals surface area contributed by atoms with Gasteiger partial charge in [-0.1, -0.05) is 19.9 Å². The first-order valence-electron chi connectivity index (χ1n) is 5.25. The van der Waals surface area contributed by atoms with Crippen LogP contribution in [0.4, 0.5) is 0 Å². The molecule has 0 aliphatic rings. The van der Waals surface area contributed by atoms with Crippen molar-refractivity contribution >= 4 is 10.9 Å². The molecule has 0 bridgehead atoms. The summed E-state index contributed by atoms with van der Waals surface area (Å²) in [5, 5.41) is 12.5. The van der Waals surface area contributed by atoms with E-state index in [4.69, 9.17) is 5.26 Å². The highest BCUT2D eigenvalue weighted by molar-refractivity contribution is 5.84. The summed E-state index contributed by atoms with van der Waals surface area (Å²) in [4.78, 5) is 12.0. The summed E-state index contributed by atoms with van der Waals surface area (Å²) in [6.07, 6.45) is 0. The van der Waals surface area contributed by atoms with Gasteiger partial charge in [-0.3, -0.25) is 14.6 Å². The molecule has 0 atom stereocenters. The van der Waals surface area contributed by atoms with Gasteiger partial charge in [-0.2, -0.15) is 5.26 Å². The van der Waals surface area contributed by atoms with Crippen molar-refractivity contribution in [1.29, 1.82) is 5.26 Å². The molecule has 1 aromatic carbocycles. The van der Waals surface area contributed by atoms with Gasteiger partial charge < -0.3 is 0 Å². The predicted octanol–water partition coefficient (Wildman–Crippen LogP) is 1.86. The fraction of sp³-hybridized carbons (Fsp3) is 0.333. The Morgan fingerprint density at radius 3 is 2.88 bits per heavy atom. The maximum Gasteiger partial charge on any atom is 0.275 e. The number of nitrogens with one attached hydrogen (secondary N) is 1. The maximum atomic E-state index is 12.0. The quantitative estimate of drug-likeness (QED) is 0.831. The first-order valence-corrected chi connectivity index (χ1v) is 5.25. The minimum atomic E-state index is -0.110. The molecule has 2 rings (SSSR count). The number of aromatic amines is 1. The van der Waals surface area contributed by atoms with Gasteiger partial charge in [0.2, 0.25) is 0 Å². The Labute approximate surface area is 93.1 Å². The van der Waals surface area contributed by atoms with Gasteiger partial charge in [-0.05, 0) is 18.1 Å². The van der Waals surface area contributed by atoms with Crippen LogP contribution in [0.5, 0.6) is 0 Å². The first-order chi connectivity index (χ1) is 7.63. The van der Waals surface area contributed by atoms with Crippen molar-refractivity contribution in [2.24, 2.45) is 5.92 Å². The molecule has 4 heteroatoms. The standard InChI is InChI=1S/C12H13N3O/c1-8(2)7-15-12(16)11-9(6-13)4-3-5-10(11)14-15/h3-5,8,14H,7H2,1-2H3. The molecule has 0 fully saturated rings. The van der Waals surface area contributed by atoms with E-state index in [1.807, 2.05) is 26.0 Å². The van der Waals surface area contributed by atoms with E-state index >= 15 is 0 Å². The van der Waals surface area contributed by atoms with Crippen LogP contribution in [0, 0.1) is 17.2 Å². The van der Waals surface area contributed by atoms with Gasteiger partial charge in [-0.15, -0.1) is 0 Å². The van der Waals surface area contributed by atoms with Gasteiger partial charge in [0.15, 0.2) is 0 Å². The number of nitriles is 1. The lowest BCUT2D eigenvalue weighted by atomic mass is 10.1. The van der Waals surface area contributed by atoms with Crippen LogP contribution in [0.25, 0.3) is 10.9 Å². The molecule has 2 aromatic rings. The second kappa shape index (κ2) is 3.86. The van der Waals surface area contributed by atoms with Gasteiger partial charge in [-0.25, -0.2) is 0 Å². The zero-order chi connectivity index (χ0) is 11.7. The van der Waals surface area contributed by atoms with E-state index in [1.54, 1.807) is 16.8 Å². The number of nitrogens with zero attached hydrogens (tertiary/aromatic N) is 2. The van der Waals surface area contributed by atoms with E-state index in [-0.39, 0.29) is 5.56 Å². The summed E-state index contributed by atoms with van der Waals surface area (Å²) in [5.74, 6) is 0.385. The van der Waals surface area contributed by atoms with Crippen LogP contribution in [0.15, 0.2) is 23.0 Å². The third-order valence-electron chi connectivity index (χ3n) is 2.45. The van der Waals surface area contributed by atoms with Gasteiger partial charge in [0, 0.05) is 6.54 Å². The Kier molecular flexibility index (Phi) is 2.53. The van der Waals surface area contributed by atoms with Gasteiger partial charge in [0.05, 0.1) is 16.5 Å². The van der Waals surface area contributed by atoms with Crippen molar-refractivity contribution in [2.45, 2.75) is 20.4 Å². The molecule has 4 nitrogen and oxygen atoms in total. The van der Waals surface area contributed by atoms with Crippen molar-refractivity contribution in [2.75, 3.05) is 0 Å². The van der Waals surface area contributed by atoms with Gasteiger partial charge >= 0.3 is 0 Å². The Bertz CT molecular complexity index is 613. The van der Waals surface area contributed by atoms with Crippen LogP contribution in [0.1, 0.15) is 19.4 Å². The Morgan fingerprint density at radius 1 is 1.50 bits per heavy atom. The maximum absolute atomic E-state index is 12.0. The van der Waals surface area contributed by atoms with E-state index in [2.05, 4.69) is 5.10 Å². The lowest BCUT2D eigenvalue weighted by Gasteiger charge is -2.03. The smallest absolute Gasteiger partial charge is 0.275 e. The summed E-state index contributed by atoms with van der Waals surface area (Å²) in [7, 11) is 0. The Balaban J connectivity index is 2.70. The largest absolute Gasteiger partial charge is 0.295 e. The molecule has 0 saturated heterocycles. The molecule has 1 aromatic heterocycles. The average Bonchev–Trinajstić information content (AvgIpc) is 2.55. The van der Waals surface area contributed by atoms with Crippen LogP contribution in [-0.4, -0.2) is 9.78 Å². The molecule has 1 N–H and O–H groups in total. The van der Waals surface area contributed by atoms with E-state index in [0.29, 0.717) is 23.4 Å². The van der Waals surface area contributed by atoms with E-state index in [1.165, 1.54) is 0 Å². The number of hydrogen-bond acceptors (Lipinski definition) is 2. The zero-order valence-electron chi connectivity index (χ0n) is 9.32. The normalized spacial score (nSPS) is 10.9. The Morgan fingerprint density at radius 2 is 2.25 bits per heavy atom. The summed E-state index contributed by atoms with van der Waals surface area (Å²) in [6.45, 7) is 4.73.